The van der Waals surface area contributed by atoms with Gasteiger partial charge in [0.05, 0.1) is 11.6 Å². The molecule has 6 nitrogen and oxygen atoms in total. The fourth-order valence-corrected chi connectivity index (χ4v) is 3.35. The number of hydrogen-bond acceptors (Lipinski definition) is 4. The first-order chi connectivity index (χ1) is 13.2. The van der Waals surface area contributed by atoms with Gasteiger partial charge in [0.25, 0.3) is 5.91 Å². The number of primary amides is 1. The van der Waals surface area contributed by atoms with Gasteiger partial charge >= 0.3 is 0 Å². The highest BCUT2D eigenvalue weighted by molar-refractivity contribution is 5.98. The third-order valence-electron chi connectivity index (χ3n) is 4.79. The first-order valence-electron chi connectivity index (χ1n) is 9.14. The van der Waals surface area contributed by atoms with Crippen LogP contribution in [-0.2, 0) is 0 Å². The van der Waals surface area contributed by atoms with Crippen molar-refractivity contribution in [1.82, 2.24) is 15.1 Å². The molecule has 0 saturated carbocycles. The third-order valence-corrected chi connectivity index (χ3v) is 4.79. The number of amides is 1. The molecule has 138 valence electrons. The van der Waals surface area contributed by atoms with E-state index in [4.69, 9.17) is 10.5 Å². The molecular formula is C21H22N4O2. The first-order valence-corrected chi connectivity index (χ1v) is 9.14. The Hall–Kier alpha value is -3.12. The first kappa shape index (κ1) is 17.3. The number of nitrogens with one attached hydrogen (secondary N) is 1. The maximum absolute atomic E-state index is 11.9. The van der Waals surface area contributed by atoms with Crippen molar-refractivity contribution >= 4 is 5.91 Å². The van der Waals surface area contributed by atoms with Gasteiger partial charge in [0, 0.05) is 11.8 Å². The molecule has 3 N–H and O–H groups in total. The zero-order valence-electron chi connectivity index (χ0n) is 15.0. The van der Waals surface area contributed by atoms with Crippen molar-refractivity contribution in [2.24, 2.45) is 5.73 Å². The minimum Gasteiger partial charge on any atom is -0.457 e. The Balaban J connectivity index is 1.60. The van der Waals surface area contributed by atoms with Crippen LogP contribution in [0.15, 0.2) is 60.8 Å². The van der Waals surface area contributed by atoms with Crippen molar-refractivity contribution in [1.29, 1.82) is 0 Å². The van der Waals surface area contributed by atoms with Crippen LogP contribution in [0.5, 0.6) is 11.5 Å². The second-order valence-corrected chi connectivity index (χ2v) is 6.66. The molecule has 0 atom stereocenters. The average Bonchev–Trinajstić information content (AvgIpc) is 3.16. The number of nitrogens with two attached hydrogens (primary N) is 1. The smallest absolute Gasteiger partial charge is 0.252 e. The van der Waals surface area contributed by atoms with Gasteiger partial charge in [-0.15, -0.1) is 0 Å². The highest BCUT2D eigenvalue weighted by atomic mass is 16.5. The standard InChI is InChI=1S/C21H22N4O2/c22-21(26)19-14-25(16-10-12-23-13-11-16)24-20(19)15-6-8-18(9-7-15)27-17-4-2-1-3-5-17/h1-9,14,16,23H,10-13H2,(H2,22,26). The molecule has 2 aromatic carbocycles. The third kappa shape index (κ3) is 3.85. The van der Waals surface area contributed by atoms with Crippen LogP contribution < -0.4 is 15.8 Å². The van der Waals surface area contributed by atoms with Crippen molar-refractivity contribution in [2.75, 3.05) is 13.1 Å². The van der Waals surface area contributed by atoms with Crippen LogP contribution in [0.4, 0.5) is 0 Å². The van der Waals surface area contributed by atoms with E-state index in [-0.39, 0.29) is 0 Å². The molecule has 0 radical (unpaired) electrons. The summed E-state index contributed by atoms with van der Waals surface area (Å²) in [6.07, 6.45) is 3.76. The van der Waals surface area contributed by atoms with Gasteiger partial charge in [-0.1, -0.05) is 18.2 Å². The number of carbonyl (C=O) groups is 1. The molecule has 1 aromatic heterocycles. The van der Waals surface area contributed by atoms with Crippen molar-refractivity contribution in [2.45, 2.75) is 18.9 Å². The topological polar surface area (TPSA) is 82.2 Å². The molecule has 1 fully saturated rings. The fraction of sp³-hybridized carbons (Fsp3) is 0.238. The van der Waals surface area contributed by atoms with E-state index in [2.05, 4.69) is 10.4 Å². The van der Waals surface area contributed by atoms with Crippen LogP contribution in [0.3, 0.4) is 0 Å². The molecule has 1 amide bonds. The zero-order valence-corrected chi connectivity index (χ0v) is 15.0. The van der Waals surface area contributed by atoms with Crippen LogP contribution in [0.25, 0.3) is 11.3 Å². The van der Waals surface area contributed by atoms with Crippen molar-refractivity contribution in [3.8, 4) is 22.8 Å². The lowest BCUT2D eigenvalue weighted by atomic mass is 10.1. The second-order valence-electron chi connectivity index (χ2n) is 6.66. The van der Waals surface area contributed by atoms with Crippen molar-refractivity contribution in [3.63, 3.8) is 0 Å². The number of para-hydroxylation sites is 1. The SMILES string of the molecule is NC(=O)c1cn(C2CCNCC2)nc1-c1ccc(Oc2ccccc2)cc1. The average molecular weight is 362 g/mol. The van der Waals surface area contributed by atoms with E-state index < -0.39 is 5.91 Å². The highest BCUT2D eigenvalue weighted by Gasteiger charge is 2.21. The van der Waals surface area contributed by atoms with Crippen LogP contribution >= 0.6 is 0 Å². The Bertz CT molecular complexity index is 913. The largest absolute Gasteiger partial charge is 0.457 e. The van der Waals surface area contributed by atoms with Gasteiger partial charge in [-0.3, -0.25) is 9.48 Å². The van der Waals surface area contributed by atoms with E-state index in [1.54, 1.807) is 6.20 Å². The van der Waals surface area contributed by atoms with Crippen molar-refractivity contribution in [3.05, 3.63) is 66.4 Å². The second kappa shape index (κ2) is 7.63. The summed E-state index contributed by atoms with van der Waals surface area (Å²) in [5.41, 5.74) is 7.51. The lowest BCUT2D eigenvalue weighted by molar-refractivity contribution is 0.100. The lowest BCUT2D eigenvalue weighted by Gasteiger charge is -2.22. The maximum Gasteiger partial charge on any atom is 0.252 e. The van der Waals surface area contributed by atoms with Crippen LogP contribution in [0.1, 0.15) is 29.2 Å². The highest BCUT2D eigenvalue weighted by Crippen LogP contribution is 2.29. The predicted molar refractivity (Wildman–Crippen MR) is 104 cm³/mol. The van der Waals surface area contributed by atoms with Crippen LogP contribution in [0.2, 0.25) is 0 Å². The van der Waals surface area contributed by atoms with Crippen LogP contribution in [0, 0.1) is 0 Å². The molecule has 27 heavy (non-hydrogen) atoms. The summed E-state index contributed by atoms with van der Waals surface area (Å²) < 4.78 is 7.72. The number of hydrogen-bond donors (Lipinski definition) is 2. The van der Waals surface area contributed by atoms with Gasteiger partial charge < -0.3 is 15.8 Å². The van der Waals surface area contributed by atoms with Gasteiger partial charge in [-0.2, -0.15) is 5.10 Å². The summed E-state index contributed by atoms with van der Waals surface area (Å²) in [6, 6.07) is 17.4. The summed E-state index contributed by atoms with van der Waals surface area (Å²) in [6.45, 7) is 1.91. The molecule has 1 saturated heterocycles. The van der Waals surface area contributed by atoms with Gasteiger partial charge in [0.1, 0.15) is 17.2 Å². The lowest BCUT2D eigenvalue weighted by Crippen LogP contribution is -2.29. The number of aromatic nitrogens is 2. The van der Waals surface area contributed by atoms with E-state index in [9.17, 15) is 4.79 Å². The Morgan fingerprint density at radius 2 is 1.70 bits per heavy atom. The summed E-state index contributed by atoms with van der Waals surface area (Å²) in [7, 11) is 0. The minimum atomic E-state index is -0.463. The van der Waals surface area contributed by atoms with E-state index in [1.807, 2.05) is 59.3 Å². The molecule has 0 aliphatic carbocycles. The normalized spacial score (nSPS) is 14.8. The number of ether oxygens (including phenoxy) is 1. The fourth-order valence-electron chi connectivity index (χ4n) is 3.35. The van der Waals surface area contributed by atoms with E-state index in [0.717, 1.165) is 43.0 Å². The Labute approximate surface area is 158 Å². The van der Waals surface area contributed by atoms with Gasteiger partial charge in [0.2, 0.25) is 0 Å². The van der Waals surface area contributed by atoms with E-state index in [1.165, 1.54) is 0 Å². The molecule has 0 unspecified atom stereocenters. The van der Waals surface area contributed by atoms with Crippen molar-refractivity contribution < 1.29 is 9.53 Å². The molecule has 0 bridgehead atoms. The Morgan fingerprint density at radius 1 is 1.04 bits per heavy atom. The van der Waals surface area contributed by atoms with Gasteiger partial charge in [-0.25, -0.2) is 0 Å². The van der Waals surface area contributed by atoms with E-state index in [0.29, 0.717) is 17.3 Å². The maximum atomic E-state index is 11.9. The molecule has 6 heteroatoms. The van der Waals surface area contributed by atoms with Crippen LogP contribution in [-0.4, -0.2) is 28.8 Å². The number of nitrogens with zero attached hydrogens (tertiary/aromatic N) is 2. The quantitative estimate of drug-likeness (QED) is 0.729. The molecule has 1 aliphatic heterocycles. The monoisotopic (exact) mass is 362 g/mol. The Kier molecular flexibility index (Phi) is 4.89. The summed E-state index contributed by atoms with van der Waals surface area (Å²) in [4.78, 5) is 11.9. The van der Waals surface area contributed by atoms with E-state index >= 15 is 0 Å². The molecular weight excluding hydrogens is 340 g/mol. The summed E-state index contributed by atoms with van der Waals surface area (Å²) >= 11 is 0. The predicted octanol–water partition coefficient (Wildman–Crippen LogP) is 3.37. The number of carbonyl (C=O) groups excluding carboxylic acids is 1. The molecule has 1 aliphatic rings. The number of piperidine rings is 1. The molecule has 3 aromatic rings. The number of benzene rings is 2. The van der Waals surface area contributed by atoms with Gasteiger partial charge in [0.15, 0.2) is 0 Å². The summed E-state index contributed by atoms with van der Waals surface area (Å²) in [5.74, 6) is 1.04. The summed E-state index contributed by atoms with van der Waals surface area (Å²) in [5, 5.41) is 8.03. The minimum absolute atomic E-state index is 0.291. The number of rotatable bonds is 5. The Morgan fingerprint density at radius 3 is 2.37 bits per heavy atom. The molecule has 2 heterocycles. The molecule has 4 rings (SSSR count). The molecule has 0 spiro atoms. The zero-order chi connectivity index (χ0) is 18.6. The van der Waals surface area contributed by atoms with Gasteiger partial charge in [-0.05, 0) is 62.3 Å².